The van der Waals surface area contributed by atoms with Gasteiger partial charge in [-0.1, -0.05) is 28.1 Å². The van der Waals surface area contributed by atoms with Crippen LogP contribution in [-0.4, -0.2) is 49.1 Å². The molecule has 2 aliphatic rings. The molecule has 4 heteroatoms. The van der Waals surface area contributed by atoms with Crippen molar-refractivity contribution in [1.82, 2.24) is 9.80 Å². The summed E-state index contributed by atoms with van der Waals surface area (Å²) >= 11 is 3.47. The average molecular weight is 352 g/mol. The van der Waals surface area contributed by atoms with Crippen LogP contribution in [0.1, 0.15) is 30.9 Å². The lowest BCUT2D eigenvalue weighted by Gasteiger charge is -2.35. The van der Waals surface area contributed by atoms with Crippen molar-refractivity contribution >= 4 is 15.9 Å². The highest BCUT2D eigenvalue weighted by molar-refractivity contribution is 9.10. The van der Waals surface area contributed by atoms with E-state index in [2.05, 4.69) is 50.0 Å². The fraction of sp³-hybridized carbons (Fsp3) is 0.647. The summed E-state index contributed by atoms with van der Waals surface area (Å²) in [5.74, 6) is 1.02. The zero-order chi connectivity index (χ0) is 14.7. The van der Waals surface area contributed by atoms with Crippen LogP contribution < -0.4 is 5.73 Å². The molecule has 0 amide bonds. The first kappa shape index (κ1) is 15.5. The first-order valence-corrected chi connectivity index (χ1v) is 8.96. The van der Waals surface area contributed by atoms with Crippen LogP contribution in [0.3, 0.4) is 0 Å². The number of benzene rings is 1. The van der Waals surface area contributed by atoms with Crippen LogP contribution in [0.2, 0.25) is 0 Å². The third-order valence-electron chi connectivity index (χ3n) is 4.73. The van der Waals surface area contributed by atoms with Gasteiger partial charge < -0.3 is 15.5 Å². The predicted molar refractivity (Wildman–Crippen MR) is 91.3 cm³/mol. The van der Waals surface area contributed by atoms with Gasteiger partial charge in [0.15, 0.2) is 0 Å². The van der Waals surface area contributed by atoms with Gasteiger partial charge in [-0.15, -0.1) is 0 Å². The topological polar surface area (TPSA) is 32.5 Å². The van der Waals surface area contributed by atoms with Crippen molar-refractivity contribution in [2.24, 2.45) is 11.7 Å². The SMILES string of the molecule is NC(CCN1CCN(CC2CC2)CC1)c1ccc(Br)cc1. The minimum atomic E-state index is 0.155. The van der Waals surface area contributed by atoms with Gasteiger partial charge >= 0.3 is 0 Å². The molecule has 1 aliphatic carbocycles. The van der Waals surface area contributed by atoms with E-state index in [1.165, 1.54) is 51.1 Å². The van der Waals surface area contributed by atoms with Crippen molar-refractivity contribution in [3.8, 4) is 0 Å². The van der Waals surface area contributed by atoms with Crippen LogP contribution in [-0.2, 0) is 0 Å². The summed E-state index contributed by atoms with van der Waals surface area (Å²) in [6, 6.07) is 8.56. The molecule has 1 aromatic carbocycles. The molecule has 3 nitrogen and oxygen atoms in total. The third kappa shape index (κ3) is 4.78. The maximum Gasteiger partial charge on any atom is 0.0307 e. The van der Waals surface area contributed by atoms with Crippen LogP contribution in [0.5, 0.6) is 0 Å². The number of nitrogens with zero attached hydrogens (tertiary/aromatic N) is 2. The minimum absolute atomic E-state index is 0.155. The monoisotopic (exact) mass is 351 g/mol. The second kappa shape index (κ2) is 7.23. The largest absolute Gasteiger partial charge is 0.324 e. The Bertz CT molecular complexity index is 436. The molecule has 1 heterocycles. The molecule has 0 spiro atoms. The average Bonchev–Trinajstić information content (AvgIpc) is 3.31. The summed E-state index contributed by atoms with van der Waals surface area (Å²) in [5, 5.41) is 0. The molecule has 1 saturated heterocycles. The van der Waals surface area contributed by atoms with Crippen molar-refractivity contribution < 1.29 is 0 Å². The summed E-state index contributed by atoms with van der Waals surface area (Å²) in [7, 11) is 0. The number of rotatable bonds is 6. The third-order valence-corrected chi connectivity index (χ3v) is 5.26. The van der Waals surface area contributed by atoms with Gasteiger partial charge in [-0.05, 0) is 42.9 Å². The van der Waals surface area contributed by atoms with Crippen LogP contribution >= 0.6 is 15.9 Å². The maximum atomic E-state index is 6.31. The Morgan fingerprint density at radius 2 is 1.67 bits per heavy atom. The molecule has 0 bridgehead atoms. The lowest BCUT2D eigenvalue weighted by molar-refractivity contribution is 0.126. The highest BCUT2D eigenvalue weighted by atomic mass is 79.9. The van der Waals surface area contributed by atoms with Crippen molar-refractivity contribution in [3.63, 3.8) is 0 Å². The minimum Gasteiger partial charge on any atom is -0.324 e. The second-order valence-corrected chi connectivity index (χ2v) is 7.45. The molecule has 2 fully saturated rings. The number of hydrogen-bond acceptors (Lipinski definition) is 3. The van der Waals surface area contributed by atoms with Gasteiger partial charge in [0.2, 0.25) is 0 Å². The Hall–Kier alpha value is -0.420. The number of halogens is 1. The van der Waals surface area contributed by atoms with E-state index in [0.717, 1.165) is 23.4 Å². The van der Waals surface area contributed by atoms with Crippen molar-refractivity contribution in [3.05, 3.63) is 34.3 Å². The molecule has 116 valence electrons. The second-order valence-electron chi connectivity index (χ2n) is 6.53. The lowest BCUT2D eigenvalue weighted by atomic mass is 10.0. The number of piperazine rings is 1. The molecule has 1 unspecified atom stereocenters. The summed E-state index contributed by atoms with van der Waals surface area (Å²) in [4.78, 5) is 5.21. The van der Waals surface area contributed by atoms with E-state index in [1.54, 1.807) is 0 Å². The molecule has 1 aromatic rings. The zero-order valence-corrected chi connectivity index (χ0v) is 14.3. The molecule has 1 atom stereocenters. The first-order valence-electron chi connectivity index (χ1n) is 8.16. The highest BCUT2D eigenvalue weighted by Gasteiger charge is 2.26. The molecule has 21 heavy (non-hydrogen) atoms. The summed E-state index contributed by atoms with van der Waals surface area (Å²) in [6.07, 6.45) is 3.97. The van der Waals surface area contributed by atoms with Gasteiger partial charge in [0, 0.05) is 49.8 Å². The molecule has 1 saturated carbocycles. The van der Waals surface area contributed by atoms with Crippen LogP contribution in [0.25, 0.3) is 0 Å². The summed E-state index contributed by atoms with van der Waals surface area (Å²) in [5.41, 5.74) is 7.55. The quantitative estimate of drug-likeness (QED) is 0.855. The lowest BCUT2D eigenvalue weighted by Crippen LogP contribution is -2.47. The van der Waals surface area contributed by atoms with E-state index in [1.807, 2.05) is 0 Å². The molecule has 2 N–H and O–H groups in total. The van der Waals surface area contributed by atoms with Gasteiger partial charge in [0.1, 0.15) is 0 Å². The maximum absolute atomic E-state index is 6.31. The van der Waals surface area contributed by atoms with Crippen molar-refractivity contribution in [2.75, 3.05) is 39.3 Å². The first-order chi connectivity index (χ1) is 10.2. The number of nitrogens with two attached hydrogens (primary N) is 1. The summed E-state index contributed by atoms with van der Waals surface area (Å²) in [6.45, 7) is 7.36. The molecule has 0 aromatic heterocycles. The van der Waals surface area contributed by atoms with Crippen LogP contribution in [0.4, 0.5) is 0 Å². The molecular formula is C17H26BrN3. The highest BCUT2D eigenvalue weighted by Crippen LogP contribution is 2.30. The Balaban J connectivity index is 1.38. The van der Waals surface area contributed by atoms with Gasteiger partial charge in [-0.2, -0.15) is 0 Å². The van der Waals surface area contributed by atoms with Crippen molar-refractivity contribution in [1.29, 1.82) is 0 Å². The Kier molecular flexibility index (Phi) is 5.33. The van der Waals surface area contributed by atoms with E-state index in [-0.39, 0.29) is 6.04 Å². The smallest absolute Gasteiger partial charge is 0.0307 e. The van der Waals surface area contributed by atoms with Crippen LogP contribution in [0.15, 0.2) is 28.7 Å². The Labute approximate surface area is 136 Å². The van der Waals surface area contributed by atoms with E-state index < -0.39 is 0 Å². The van der Waals surface area contributed by atoms with Crippen LogP contribution in [0, 0.1) is 5.92 Å². The van der Waals surface area contributed by atoms with E-state index in [0.29, 0.717) is 0 Å². The molecule has 3 rings (SSSR count). The van der Waals surface area contributed by atoms with E-state index >= 15 is 0 Å². The Morgan fingerprint density at radius 3 is 2.29 bits per heavy atom. The van der Waals surface area contributed by atoms with Gasteiger partial charge in [0.05, 0.1) is 0 Å². The van der Waals surface area contributed by atoms with Gasteiger partial charge in [-0.3, -0.25) is 0 Å². The molecule has 1 aliphatic heterocycles. The fourth-order valence-electron chi connectivity index (χ4n) is 3.06. The molecular weight excluding hydrogens is 326 g/mol. The fourth-order valence-corrected chi connectivity index (χ4v) is 3.32. The van der Waals surface area contributed by atoms with Gasteiger partial charge in [0.25, 0.3) is 0 Å². The Morgan fingerprint density at radius 1 is 1.05 bits per heavy atom. The number of hydrogen-bond donors (Lipinski definition) is 1. The van der Waals surface area contributed by atoms with E-state index in [9.17, 15) is 0 Å². The normalized spacial score (nSPS) is 22.4. The van der Waals surface area contributed by atoms with Gasteiger partial charge in [-0.25, -0.2) is 0 Å². The van der Waals surface area contributed by atoms with E-state index in [4.69, 9.17) is 5.73 Å². The summed E-state index contributed by atoms with van der Waals surface area (Å²) < 4.78 is 1.12. The predicted octanol–water partition coefficient (Wildman–Crippen LogP) is 2.87. The zero-order valence-electron chi connectivity index (χ0n) is 12.7. The standard InChI is InChI=1S/C17H26BrN3/c18-16-5-3-15(4-6-16)17(19)7-8-20-9-11-21(12-10-20)13-14-1-2-14/h3-6,14,17H,1-2,7-13,19H2. The van der Waals surface area contributed by atoms with Crippen molar-refractivity contribution in [2.45, 2.75) is 25.3 Å². The molecule has 0 radical (unpaired) electrons.